The predicted molar refractivity (Wildman–Crippen MR) is 79.1 cm³/mol. The molecule has 0 aromatic carbocycles. The number of nitrogens with zero attached hydrogens (tertiary/aromatic N) is 2. The lowest BCUT2D eigenvalue weighted by molar-refractivity contribution is -0.124. The fraction of sp³-hybridized carbons (Fsp3) is 0.875. The molecule has 0 heterocycles. The maximum Gasteiger partial charge on any atom is 0.235 e. The molecule has 0 spiro atoms. The third kappa shape index (κ3) is 3.73. The van der Waals surface area contributed by atoms with E-state index < -0.39 is 5.54 Å². The number of carbonyl (C=O) groups is 1. The smallest absolute Gasteiger partial charge is 0.235 e. The van der Waals surface area contributed by atoms with Crippen LogP contribution in [0.25, 0.3) is 0 Å². The van der Waals surface area contributed by atoms with Crippen molar-refractivity contribution in [2.24, 2.45) is 0 Å². The summed E-state index contributed by atoms with van der Waals surface area (Å²) in [6, 6.07) is 2.89. The van der Waals surface area contributed by atoms with Gasteiger partial charge in [0, 0.05) is 6.04 Å². The molecule has 2 saturated carbocycles. The topological polar surface area (TPSA) is 56.1 Å². The van der Waals surface area contributed by atoms with Crippen LogP contribution in [-0.2, 0) is 4.79 Å². The van der Waals surface area contributed by atoms with Crippen LogP contribution in [0.1, 0.15) is 64.7 Å². The number of hydrogen-bond acceptors (Lipinski definition) is 3. The van der Waals surface area contributed by atoms with Gasteiger partial charge in [0.1, 0.15) is 5.54 Å². The molecule has 0 atom stereocenters. The molecule has 2 rings (SSSR count). The maximum absolute atomic E-state index is 12.3. The number of hydrogen-bond donors (Lipinski definition) is 1. The first kappa shape index (κ1) is 15.3. The van der Waals surface area contributed by atoms with Gasteiger partial charge in [-0.1, -0.05) is 26.2 Å². The molecule has 0 saturated heterocycles. The Morgan fingerprint density at radius 3 is 2.45 bits per heavy atom. The van der Waals surface area contributed by atoms with Gasteiger partial charge in [0.05, 0.1) is 12.6 Å². The highest BCUT2D eigenvalue weighted by atomic mass is 16.2. The monoisotopic (exact) mass is 277 g/mol. The van der Waals surface area contributed by atoms with Crippen molar-refractivity contribution in [3.05, 3.63) is 0 Å². The highest BCUT2D eigenvalue weighted by Gasteiger charge is 2.35. The second-order valence-corrected chi connectivity index (χ2v) is 6.30. The zero-order valence-corrected chi connectivity index (χ0v) is 12.7. The van der Waals surface area contributed by atoms with Crippen molar-refractivity contribution in [3.63, 3.8) is 0 Å². The number of amides is 1. The Hall–Kier alpha value is -1.08. The third-order valence-corrected chi connectivity index (χ3v) is 4.89. The minimum atomic E-state index is -0.580. The van der Waals surface area contributed by atoms with Gasteiger partial charge in [-0.25, -0.2) is 0 Å². The van der Waals surface area contributed by atoms with E-state index in [1.807, 2.05) is 0 Å². The summed E-state index contributed by atoms with van der Waals surface area (Å²) in [4.78, 5) is 14.6. The van der Waals surface area contributed by atoms with Crippen LogP contribution >= 0.6 is 0 Å². The normalized spacial score (nSPS) is 22.6. The number of rotatable bonds is 5. The van der Waals surface area contributed by atoms with Gasteiger partial charge < -0.3 is 5.32 Å². The molecule has 0 radical (unpaired) electrons. The molecule has 2 aliphatic rings. The molecule has 112 valence electrons. The number of likely N-dealkylation sites (N-methyl/N-ethyl adjacent to an activating group) is 1. The SMILES string of the molecule is CCN(CC(=O)NC1(C#N)CCCC1)C1CCCCC1. The molecule has 4 heteroatoms. The second-order valence-electron chi connectivity index (χ2n) is 6.30. The molecule has 2 fully saturated rings. The van der Waals surface area contributed by atoms with Crippen LogP contribution in [0.15, 0.2) is 0 Å². The second kappa shape index (κ2) is 7.08. The first-order valence-electron chi connectivity index (χ1n) is 8.15. The van der Waals surface area contributed by atoms with Crippen molar-refractivity contribution in [1.29, 1.82) is 5.26 Å². The van der Waals surface area contributed by atoms with E-state index in [2.05, 4.69) is 23.2 Å². The Morgan fingerprint density at radius 2 is 1.90 bits per heavy atom. The molecule has 1 N–H and O–H groups in total. The van der Waals surface area contributed by atoms with Gasteiger partial charge in [0.15, 0.2) is 0 Å². The summed E-state index contributed by atoms with van der Waals surface area (Å²) in [6.45, 7) is 3.49. The third-order valence-electron chi connectivity index (χ3n) is 4.89. The molecule has 0 aromatic heterocycles. The Morgan fingerprint density at radius 1 is 1.25 bits per heavy atom. The van der Waals surface area contributed by atoms with E-state index >= 15 is 0 Å². The van der Waals surface area contributed by atoms with Gasteiger partial charge in [-0.05, 0) is 45.1 Å². The van der Waals surface area contributed by atoms with Crippen molar-refractivity contribution in [3.8, 4) is 6.07 Å². The number of nitriles is 1. The highest BCUT2D eigenvalue weighted by Crippen LogP contribution is 2.29. The molecule has 0 aromatic rings. The van der Waals surface area contributed by atoms with E-state index in [1.165, 1.54) is 32.1 Å². The molecule has 4 nitrogen and oxygen atoms in total. The molecule has 20 heavy (non-hydrogen) atoms. The van der Waals surface area contributed by atoms with E-state index in [-0.39, 0.29) is 5.91 Å². The summed E-state index contributed by atoms with van der Waals surface area (Å²) in [5.41, 5.74) is -0.580. The Bertz CT molecular complexity index is 362. The molecular formula is C16H27N3O. The summed E-state index contributed by atoms with van der Waals surface area (Å²) in [7, 11) is 0. The van der Waals surface area contributed by atoms with E-state index in [4.69, 9.17) is 0 Å². The van der Waals surface area contributed by atoms with Crippen molar-refractivity contribution < 1.29 is 4.79 Å². The van der Waals surface area contributed by atoms with Crippen LogP contribution in [0.3, 0.4) is 0 Å². The summed E-state index contributed by atoms with van der Waals surface area (Å²) < 4.78 is 0. The first-order chi connectivity index (χ1) is 9.69. The first-order valence-corrected chi connectivity index (χ1v) is 8.15. The lowest BCUT2D eigenvalue weighted by atomic mass is 9.94. The molecule has 0 unspecified atom stereocenters. The van der Waals surface area contributed by atoms with Crippen LogP contribution < -0.4 is 5.32 Å². The Kier molecular flexibility index (Phi) is 5.42. The summed E-state index contributed by atoms with van der Waals surface area (Å²) >= 11 is 0. The minimum absolute atomic E-state index is 0.0286. The van der Waals surface area contributed by atoms with Gasteiger partial charge in [0.25, 0.3) is 0 Å². The number of nitrogens with one attached hydrogen (secondary N) is 1. The molecule has 0 aliphatic heterocycles. The lowest BCUT2D eigenvalue weighted by Crippen LogP contribution is -2.50. The Labute approximate surface area is 122 Å². The zero-order chi connectivity index (χ0) is 14.4. The van der Waals surface area contributed by atoms with Crippen LogP contribution in [0, 0.1) is 11.3 Å². The van der Waals surface area contributed by atoms with Crippen molar-refractivity contribution in [2.45, 2.75) is 76.3 Å². The van der Waals surface area contributed by atoms with Crippen LogP contribution in [-0.4, -0.2) is 35.5 Å². The van der Waals surface area contributed by atoms with Gasteiger partial charge in [-0.15, -0.1) is 0 Å². The minimum Gasteiger partial charge on any atom is -0.337 e. The summed E-state index contributed by atoms with van der Waals surface area (Å²) in [5, 5.41) is 12.3. The highest BCUT2D eigenvalue weighted by molar-refractivity contribution is 5.79. The summed E-state index contributed by atoms with van der Waals surface area (Å²) in [6.07, 6.45) is 10.0. The fourth-order valence-corrected chi connectivity index (χ4v) is 3.68. The lowest BCUT2D eigenvalue weighted by Gasteiger charge is -2.33. The molecule has 0 bridgehead atoms. The molecule has 1 amide bonds. The van der Waals surface area contributed by atoms with Gasteiger partial charge in [0.2, 0.25) is 5.91 Å². The number of carbonyl (C=O) groups excluding carboxylic acids is 1. The summed E-state index contributed by atoms with van der Waals surface area (Å²) in [5.74, 6) is 0.0286. The van der Waals surface area contributed by atoms with Crippen LogP contribution in [0.4, 0.5) is 0 Å². The molecular weight excluding hydrogens is 250 g/mol. The van der Waals surface area contributed by atoms with Crippen LogP contribution in [0.5, 0.6) is 0 Å². The van der Waals surface area contributed by atoms with Crippen molar-refractivity contribution in [2.75, 3.05) is 13.1 Å². The standard InChI is InChI=1S/C16H27N3O/c1-2-19(14-8-4-3-5-9-14)12-15(20)18-16(13-17)10-6-7-11-16/h14H,2-12H2,1H3,(H,18,20). The average Bonchev–Trinajstić information content (AvgIpc) is 2.94. The van der Waals surface area contributed by atoms with Gasteiger partial charge >= 0.3 is 0 Å². The average molecular weight is 277 g/mol. The van der Waals surface area contributed by atoms with E-state index in [9.17, 15) is 10.1 Å². The van der Waals surface area contributed by atoms with Crippen molar-refractivity contribution >= 4 is 5.91 Å². The predicted octanol–water partition coefficient (Wildman–Crippen LogP) is 2.59. The van der Waals surface area contributed by atoms with Gasteiger partial charge in [-0.3, -0.25) is 9.69 Å². The maximum atomic E-state index is 12.3. The van der Waals surface area contributed by atoms with Crippen LogP contribution in [0.2, 0.25) is 0 Å². The van der Waals surface area contributed by atoms with Crippen molar-refractivity contribution in [1.82, 2.24) is 10.2 Å². The van der Waals surface area contributed by atoms with E-state index in [1.54, 1.807) is 0 Å². The molecule has 2 aliphatic carbocycles. The fourth-order valence-electron chi connectivity index (χ4n) is 3.68. The van der Waals surface area contributed by atoms with Gasteiger partial charge in [-0.2, -0.15) is 5.26 Å². The quantitative estimate of drug-likeness (QED) is 0.840. The zero-order valence-electron chi connectivity index (χ0n) is 12.7. The van der Waals surface area contributed by atoms with E-state index in [0.29, 0.717) is 12.6 Å². The largest absolute Gasteiger partial charge is 0.337 e. The van der Waals surface area contributed by atoms with E-state index in [0.717, 1.165) is 32.2 Å². The Balaban J connectivity index is 1.87.